The van der Waals surface area contributed by atoms with Crippen LogP contribution in [0.15, 0.2) is 47.4 Å². The molecule has 1 aliphatic rings. The zero-order chi connectivity index (χ0) is 21.9. The average molecular weight is 430 g/mol. The summed E-state index contributed by atoms with van der Waals surface area (Å²) >= 11 is 0. The maximum absolute atomic E-state index is 13.1. The van der Waals surface area contributed by atoms with Gasteiger partial charge in [0.05, 0.1) is 10.9 Å². The molecular formula is C23H31N3O3S. The second-order valence-electron chi connectivity index (χ2n) is 8.09. The monoisotopic (exact) mass is 429 g/mol. The van der Waals surface area contributed by atoms with Crippen LogP contribution < -0.4 is 5.32 Å². The predicted octanol–water partition coefficient (Wildman–Crippen LogP) is 2.62. The number of amides is 1. The largest absolute Gasteiger partial charge is 0.351 e. The first-order valence-electron chi connectivity index (χ1n) is 10.3. The predicted molar refractivity (Wildman–Crippen MR) is 119 cm³/mol. The number of carbonyl (C=O) groups is 1. The molecule has 1 aliphatic heterocycles. The van der Waals surface area contributed by atoms with Crippen LogP contribution in [-0.2, 0) is 21.4 Å². The topological polar surface area (TPSA) is 69.7 Å². The van der Waals surface area contributed by atoms with Gasteiger partial charge in [0.2, 0.25) is 15.9 Å². The maximum Gasteiger partial charge on any atom is 0.243 e. The molecule has 6 nitrogen and oxygen atoms in total. The number of nitrogens with one attached hydrogen (secondary N) is 1. The first kappa shape index (κ1) is 22.5. The highest BCUT2D eigenvalue weighted by atomic mass is 32.2. The quantitative estimate of drug-likeness (QED) is 0.766. The van der Waals surface area contributed by atoms with Gasteiger partial charge < -0.3 is 5.32 Å². The molecule has 1 saturated heterocycles. The molecule has 0 radical (unpaired) electrons. The van der Waals surface area contributed by atoms with E-state index in [0.29, 0.717) is 37.6 Å². The Kier molecular flexibility index (Phi) is 6.95. The van der Waals surface area contributed by atoms with E-state index in [1.807, 2.05) is 69.0 Å². The first-order chi connectivity index (χ1) is 14.2. The summed E-state index contributed by atoms with van der Waals surface area (Å²) in [5, 5.41) is 2.98. The van der Waals surface area contributed by atoms with Crippen molar-refractivity contribution in [2.75, 3.05) is 26.2 Å². The van der Waals surface area contributed by atoms with Gasteiger partial charge in [0.15, 0.2) is 0 Å². The van der Waals surface area contributed by atoms with Crippen LogP contribution in [0.2, 0.25) is 0 Å². The number of rotatable bonds is 6. The van der Waals surface area contributed by atoms with E-state index in [9.17, 15) is 13.2 Å². The lowest BCUT2D eigenvalue weighted by atomic mass is 10.1. The third-order valence-electron chi connectivity index (χ3n) is 5.75. The summed E-state index contributed by atoms with van der Waals surface area (Å²) in [6.45, 7) is 9.94. The Morgan fingerprint density at radius 1 is 0.967 bits per heavy atom. The molecule has 1 N–H and O–H groups in total. The van der Waals surface area contributed by atoms with Crippen molar-refractivity contribution in [3.05, 3.63) is 64.7 Å². The minimum absolute atomic E-state index is 0.0404. The van der Waals surface area contributed by atoms with Gasteiger partial charge in [-0.05, 0) is 50.5 Å². The van der Waals surface area contributed by atoms with Gasteiger partial charge in [0.1, 0.15) is 0 Å². The SMILES string of the molecule is Cc1ccc(CNC(=O)[C@@H](C)N2CCN(S(=O)(=O)c3cc(C)ccc3C)CC2)cc1. The van der Waals surface area contributed by atoms with Crippen LogP contribution in [-0.4, -0.2) is 55.8 Å². The Labute approximate surface area is 179 Å². The molecule has 1 amide bonds. The number of hydrogen-bond acceptors (Lipinski definition) is 4. The molecule has 0 aliphatic carbocycles. The molecule has 2 aromatic carbocycles. The van der Waals surface area contributed by atoms with Crippen LogP contribution in [0.3, 0.4) is 0 Å². The molecule has 1 fully saturated rings. The normalized spacial score (nSPS) is 16.9. The van der Waals surface area contributed by atoms with E-state index >= 15 is 0 Å². The molecule has 1 heterocycles. The summed E-state index contributed by atoms with van der Waals surface area (Å²) in [6, 6.07) is 13.3. The van der Waals surface area contributed by atoms with E-state index in [-0.39, 0.29) is 11.9 Å². The van der Waals surface area contributed by atoms with Gasteiger partial charge in [0, 0.05) is 32.7 Å². The van der Waals surface area contributed by atoms with Crippen molar-refractivity contribution in [1.82, 2.24) is 14.5 Å². The Morgan fingerprint density at radius 3 is 2.20 bits per heavy atom. The summed E-state index contributed by atoms with van der Waals surface area (Å²) in [6.07, 6.45) is 0. The molecule has 2 aromatic rings. The maximum atomic E-state index is 13.1. The lowest BCUT2D eigenvalue weighted by Gasteiger charge is -2.37. The first-order valence-corrected chi connectivity index (χ1v) is 11.8. The highest BCUT2D eigenvalue weighted by Gasteiger charge is 2.32. The molecule has 1 atom stereocenters. The number of piperazine rings is 1. The zero-order valence-corrected chi connectivity index (χ0v) is 19.0. The highest BCUT2D eigenvalue weighted by Crippen LogP contribution is 2.23. The summed E-state index contributed by atoms with van der Waals surface area (Å²) in [5.74, 6) is -0.0404. The van der Waals surface area contributed by atoms with Crippen molar-refractivity contribution in [1.29, 1.82) is 0 Å². The highest BCUT2D eigenvalue weighted by molar-refractivity contribution is 7.89. The van der Waals surface area contributed by atoms with E-state index < -0.39 is 10.0 Å². The van der Waals surface area contributed by atoms with Gasteiger partial charge in [-0.15, -0.1) is 0 Å². The number of aryl methyl sites for hydroxylation is 3. The Bertz CT molecular complexity index is 995. The van der Waals surface area contributed by atoms with Crippen LogP contribution in [0, 0.1) is 20.8 Å². The lowest BCUT2D eigenvalue weighted by Crippen LogP contribution is -2.54. The Balaban J connectivity index is 1.57. The van der Waals surface area contributed by atoms with E-state index in [4.69, 9.17) is 0 Å². The van der Waals surface area contributed by atoms with E-state index in [1.54, 1.807) is 6.07 Å². The minimum atomic E-state index is -3.53. The molecule has 0 bridgehead atoms. The zero-order valence-electron chi connectivity index (χ0n) is 18.2. The molecule has 162 valence electrons. The second kappa shape index (κ2) is 9.29. The standard InChI is InChI=1S/C23H31N3O3S/c1-17-6-9-21(10-7-17)16-24-23(27)20(4)25-11-13-26(14-12-25)30(28,29)22-15-18(2)5-8-19(22)3/h5-10,15,20H,11-14,16H2,1-4H3,(H,24,27)/t20-/m1/s1. The molecule has 0 spiro atoms. The summed E-state index contributed by atoms with van der Waals surface area (Å²) in [4.78, 5) is 15.0. The van der Waals surface area contributed by atoms with Crippen molar-refractivity contribution in [3.63, 3.8) is 0 Å². The molecule has 0 saturated carbocycles. The van der Waals surface area contributed by atoms with Gasteiger partial charge >= 0.3 is 0 Å². The fourth-order valence-electron chi connectivity index (χ4n) is 3.66. The van der Waals surface area contributed by atoms with Gasteiger partial charge in [-0.1, -0.05) is 42.0 Å². The lowest BCUT2D eigenvalue weighted by molar-refractivity contribution is -0.126. The van der Waals surface area contributed by atoms with Gasteiger partial charge in [-0.3, -0.25) is 9.69 Å². The molecule has 30 heavy (non-hydrogen) atoms. The second-order valence-corrected chi connectivity index (χ2v) is 9.99. The summed E-state index contributed by atoms with van der Waals surface area (Å²) < 4.78 is 27.7. The van der Waals surface area contributed by atoms with E-state index in [0.717, 1.165) is 16.7 Å². The average Bonchev–Trinajstić information content (AvgIpc) is 2.74. The van der Waals surface area contributed by atoms with Gasteiger partial charge in [-0.2, -0.15) is 4.31 Å². The Morgan fingerprint density at radius 2 is 1.57 bits per heavy atom. The molecule has 0 aromatic heterocycles. The van der Waals surface area contributed by atoms with Crippen LogP contribution in [0.25, 0.3) is 0 Å². The fraction of sp³-hybridized carbons (Fsp3) is 0.435. The summed E-state index contributed by atoms with van der Waals surface area (Å²) in [5.41, 5.74) is 3.93. The minimum Gasteiger partial charge on any atom is -0.351 e. The van der Waals surface area contributed by atoms with Crippen molar-refractivity contribution >= 4 is 15.9 Å². The Hall–Kier alpha value is -2.22. The summed E-state index contributed by atoms with van der Waals surface area (Å²) in [7, 11) is -3.53. The smallest absolute Gasteiger partial charge is 0.243 e. The van der Waals surface area contributed by atoms with Gasteiger partial charge in [0.25, 0.3) is 0 Å². The number of carbonyl (C=O) groups excluding carboxylic acids is 1. The molecule has 3 rings (SSSR count). The third-order valence-corrected chi connectivity index (χ3v) is 7.79. The number of sulfonamides is 1. The third kappa shape index (κ3) is 5.09. The van der Waals surface area contributed by atoms with Crippen LogP contribution in [0.1, 0.15) is 29.2 Å². The number of benzene rings is 2. The van der Waals surface area contributed by atoms with E-state index in [2.05, 4.69) is 5.32 Å². The van der Waals surface area contributed by atoms with Crippen molar-refractivity contribution in [2.45, 2.75) is 45.2 Å². The van der Waals surface area contributed by atoms with E-state index in [1.165, 1.54) is 9.87 Å². The molecular weight excluding hydrogens is 398 g/mol. The van der Waals surface area contributed by atoms with Crippen LogP contribution in [0.5, 0.6) is 0 Å². The molecule has 7 heteroatoms. The molecule has 0 unspecified atom stereocenters. The number of nitrogens with zero attached hydrogens (tertiary/aromatic N) is 2. The van der Waals surface area contributed by atoms with Gasteiger partial charge in [-0.25, -0.2) is 8.42 Å². The van der Waals surface area contributed by atoms with Crippen LogP contribution in [0.4, 0.5) is 0 Å². The fourth-order valence-corrected chi connectivity index (χ4v) is 5.40. The van der Waals surface area contributed by atoms with Crippen molar-refractivity contribution < 1.29 is 13.2 Å². The van der Waals surface area contributed by atoms with Crippen molar-refractivity contribution in [2.24, 2.45) is 0 Å². The van der Waals surface area contributed by atoms with Crippen LogP contribution >= 0.6 is 0 Å². The van der Waals surface area contributed by atoms with Crippen molar-refractivity contribution in [3.8, 4) is 0 Å². The number of hydrogen-bond donors (Lipinski definition) is 1.